The van der Waals surface area contributed by atoms with Crippen LogP contribution < -0.4 is 5.32 Å². The van der Waals surface area contributed by atoms with Gasteiger partial charge in [0.1, 0.15) is 5.82 Å². The molecule has 0 aliphatic heterocycles. The molecule has 4 heteroatoms. The van der Waals surface area contributed by atoms with Crippen molar-refractivity contribution in [3.05, 3.63) is 53.6 Å². The zero-order valence-electron chi connectivity index (χ0n) is 11.6. The topological polar surface area (TPSA) is 29.9 Å². The Balaban J connectivity index is 1.92. The fraction of sp³-hybridized carbons (Fsp3) is 0.400. The largest absolute Gasteiger partial charge is 0.306 e. The molecule has 0 aliphatic carbocycles. The first-order valence-corrected chi connectivity index (χ1v) is 6.58. The van der Waals surface area contributed by atoms with Crippen molar-refractivity contribution in [2.75, 3.05) is 0 Å². The van der Waals surface area contributed by atoms with Gasteiger partial charge in [0, 0.05) is 30.4 Å². The minimum Gasteiger partial charge on any atom is -0.306 e. The lowest BCUT2D eigenvalue weighted by Crippen LogP contribution is -2.17. The van der Waals surface area contributed by atoms with Crippen LogP contribution in [0.4, 0.5) is 4.39 Å². The zero-order chi connectivity index (χ0) is 13.8. The molecule has 1 aromatic heterocycles. The quantitative estimate of drug-likeness (QED) is 0.893. The van der Waals surface area contributed by atoms with E-state index in [1.54, 1.807) is 0 Å². The third kappa shape index (κ3) is 3.64. The van der Waals surface area contributed by atoms with Crippen LogP contribution in [0, 0.1) is 5.82 Å². The Morgan fingerprint density at radius 3 is 2.47 bits per heavy atom. The number of aromatic nitrogens is 2. The molecule has 2 aromatic rings. The van der Waals surface area contributed by atoms with Gasteiger partial charge in [-0.05, 0) is 38.5 Å². The summed E-state index contributed by atoms with van der Waals surface area (Å²) in [6.07, 6.45) is 3.93. The number of hydrogen-bond acceptors (Lipinski definition) is 2. The monoisotopic (exact) mass is 261 g/mol. The van der Waals surface area contributed by atoms with Crippen molar-refractivity contribution in [2.45, 2.75) is 39.4 Å². The van der Waals surface area contributed by atoms with Crippen molar-refractivity contribution in [3.63, 3.8) is 0 Å². The van der Waals surface area contributed by atoms with E-state index >= 15 is 0 Å². The fourth-order valence-electron chi connectivity index (χ4n) is 1.89. The van der Waals surface area contributed by atoms with Crippen molar-refractivity contribution in [2.24, 2.45) is 0 Å². The second-order valence-corrected chi connectivity index (χ2v) is 5.08. The molecule has 0 fully saturated rings. The Kier molecular flexibility index (Phi) is 4.32. The second-order valence-electron chi connectivity index (χ2n) is 5.08. The molecule has 0 spiro atoms. The smallest absolute Gasteiger partial charge is 0.123 e. The summed E-state index contributed by atoms with van der Waals surface area (Å²) in [6, 6.07) is 7.16. The first kappa shape index (κ1) is 13.7. The number of nitrogens with one attached hydrogen (secondary N) is 1. The number of rotatable bonds is 5. The molecule has 0 saturated heterocycles. The molecule has 102 valence electrons. The molecular weight excluding hydrogens is 241 g/mol. The standard InChI is InChI=1S/C15H20FN3/c1-11(2)19-10-13(9-18-19)8-17-12(3)14-4-6-15(16)7-5-14/h4-7,9-12,17H,8H2,1-3H3/t12-/m1/s1. The van der Waals surface area contributed by atoms with E-state index in [0.29, 0.717) is 6.04 Å². The molecule has 1 atom stereocenters. The van der Waals surface area contributed by atoms with E-state index in [1.807, 2.05) is 23.0 Å². The Hall–Kier alpha value is -1.68. The van der Waals surface area contributed by atoms with E-state index in [4.69, 9.17) is 0 Å². The van der Waals surface area contributed by atoms with Crippen LogP contribution in [0.5, 0.6) is 0 Å². The minimum atomic E-state index is -0.200. The number of benzene rings is 1. The predicted octanol–water partition coefficient (Wildman–Crippen LogP) is 3.45. The van der Waals surface area contributed by atoms with Gasteiger partial charge in [-0.2, -0.15) is 5.10 Å². The van der Waals surface area contributed by atoms with Gasteiger partial charge in [0.15, 0.2) is 0 Å². The molecule has 2 rings (SSSR count). The van der Waals surface area contributed by atoms with Gasteiger partial charge in [-0.3, -0.25) is 4.68 Å². The number of hydrogen-bond donors (Lipinski definition) is 1. The lowest BCUT2D eigenvalue weighted by atomic mass is 10.1. The molecule has 0 bridgehead atoms. The molecule has 3 nitrogen and oxygen atoms in total. The molecule has 19 heavy (non-hydrogen) atoms. The maximum Gasteiger partial charge on any atom is 0.123 e. The Bertz CT molecular complexity index is 516. The van der Waals surface area contributed by atoms with E-state index in [-0.39, 0.29) is 11.9 Å². The van der Waals surface area contributed by atoms with Gasteiger partial charge < -0.3 is 5.32 Å². The molecular formula is C15H20FN3. The normalized spacial score (nSPS) is 12.9. The molecule has 0 unspecified atom stereocenters. The van der Waals surface area contributed by atoms with Crippen molar-refractivity contribution >= 4 is 0 Å². The summed E-state index contributed by atoms with van der Waals surface area (Å²) >= 11 is 0. The Morgan fingerprint density at radius 2 is 1.89 bits per heavy atom. The summed E-state index contributed by atoms with van der Waals surface area (Å²) in [5.41, 5.74) is 2.24. The Morgan fingerprint density at radius 1 is 1.21 bits per heavy atom. The van der Waals surface area contributed by atoms with Gasteiger partial charge in [0.25, 0.3) is 0 Å². The molecule has 0 saturated carbocycles. The average molecular weight is 261 g/mol. The van der Waals surface area contributed by atoms with Gasteiger partial charge in [0.2, 0.25) is 0 Å². The summed E-state index contributed by atoms with van der Waals surface area (Å²) in [7, 11) is 0. The van der Waals surface area contributed by atoms with E-state index in [2.05, 4.69) is 37.4 Å². The van der Waals surface area contributed by atoms with Crippen LogP contribution in [0.25, 0.3) is 0 Å². The molecule has 0 amide bonds. The number of halogens is 1. The van der Waals surface area contributed by atoms with Gasteiger partial charge in [-0.15, -0.1) is 0 Å². The molecule has 1 aromatic carbocycles. The molecule has 0 aliphatic rings. The third-order valence-electron chi connectivity index (χ3n) is 3.17. The van der Waals surface area contributed by atoms with Crippen LogP contribution >= 0.6 is 0 Å². The third-order valence-corrected chi connectivity index (χ3v) is 3.17. The zero-order valence-corrected chi connectivity index (χ0v) is 11.6. The lowest BCUT2D eigenvalue weighted by molar-refractivity contribution is 0.530. The van der Waals surface area contributed by atoms with E-state index in [9.17, 15) is 4.39 Å². The van der Waals surface area contributed by atoms with Crippen molar-refractivity contribution in [1.29, 1.82) is 0 Å². The van der Waals surface area contributed by atoms with Crippen LogP contribution in [0.2, 0.25) is 0 Å². The van der Waals surface area contributed by atoms with Gasteiger partial charge >= 0.3 is 0 Å². The van der Waals surface area contributed by atoms with Crippen molar-refractivity contribution in [1.82, 2.24) is 15.1 Å². The Labute approximate surface area is 113 Å². The van der Waals surface area contributed by atoms with Gasteiger partial charge in [-0.25, -0.2) is 4.39 Å². The maximum atomic E-state index is 12.8. The summed E-state index contributed by atoms with van der Waals surface area (Å²) in [5, 5.41) is 7.72. The summed E-state index contributed by atoms with van der Waals surface area (Å²) < 4.78 is 14.8. The van der Waals surface area contributed by atoms with Crippen LogP contribution in [0.15, 0.2) is 36.7 Å². The van der Waals surface area contributed by atoms with Crippen LogP contribution in [-0.4, -0.2) is 9.78 Å². The lowest BCUT2D eigenvalue weighted by Gasteiger charge is -2.13. The highest BCUT2D eigenvalue weighted by Gasteiger charge is 2.06. The van der Waals surface area contributed by atoms with Crippen LogP contribution in [-0.2, 0) is 6.54 Å². The van der Waals surface area contributed by atoms with E-state index < -0.39 is 0 Å². The van der Waals surface area contributed by atoms with E-state index in [0.717, 1.165) is 17.7 Å². The fourth-order valence-corrected chi connectivity index (χ4v) is 1.89. The SMILES string of the molecule is CC(C)n1cc(CN[C@H](C)c2ccc(F)cc2)cn1. The first-order valence-electron chi connectivity index (χ1n) is 6.58. The summed E-state index contributed by atoms with van der Waals surface area (Å²) in [5.74, 6) is -0.200. The highest BCUT2D eigenvalue weighted by Crippen LogP contribution is 2.14. The summed E-state index contributed by atoms with van der Waals surface area (Å²) in [6.45, 7) is 7.03. The van der Waals surface area contributed by atoms with Crippen molar-refractivity contribution < 1.29 is 4.39 Å². The van der Waals surface area contributed by atoms with Gasteiger partial charge in [-0.1, -0.05) is 12.1 Å². The first-order chi connectivity index (χ1) is 9.06. The molecule has 1 N–H and O–H groups in total. The average Bonchev–Trinajstić information content (AvgIpc) is 2.86. The van der Waals surface area contributed by atoms with E-state index in [1.165, 1.54) is 12.1 Å². The van der Waals surface area contributed by atoms with Crippen LogP contribution in [0.1, 0.15) is 44.0 Å². The molecule has 0 radical (unpaired) electrons. The highest BCUT2D eigenvalue weighted by atomic mass is 19.1. The van der Waals surface area contributed by atoms with Gasteiger partial charge in [0.05, 0.1) is 6.20 Å². The van der Waals surface area contributed by atoms with Crippen molar-refractivity contribution in [3.8, 4) is 0 Å². The highest BCUT2D eigenvalue weighted by molar-refractivity contribution is 5.19. The maximum absolute atomic E-state index is 12.8. The predicted molar refractivity (Wildman–Crippen MR) is 74.3 cm³/mol. The minimum absolute atomic E-state index is 0.183. The van der Waals surface area contributed by atoms with Crippen LogP contribution in [0.3, 0.4) is 0 Å². The molecule has 1 heterocycles. The number of nitrogens with zero attached hydrogens (tertiary/aromatic N) is 2. The second kappa shape index (κ2) is 5.97. The summed E-state index contributed by atoms with van der Waals surface area (Å²) in [4.78, 5) is 0.